The number of allylic oxidation sites excluding steroid dienone is 1. The van der Waals surface area contributed by atoms with E-state index in [2.05, 4.69) is 16.9 Å². The Hall–Kier alpha value is -2.57. The molecule has 0 aliphatic carbocycles. The van der Waals surface area contributed by atoms with Gasteiger partial charge in [0.1, 0.15) is 0 Å². The van der Waals surface area contributed by atoms with Gasteiger partial charge in [0, 0.05) is 17.3 Å². The number of carbonyl (C=O) groups is 1. The number of aryl methyl sites for hydroxylation is 3. The van der Waals surface area contributed by atoms with Crippen LogP contribution in [-0.2, 0) is 11.3 Å². The van der Waals surface area contributed by atoms with Crippen LogP contribution in [0.2, 0.25) is 5.02 Å². The van der Waals surface area contributed by atoms with E-state index in [-0.39, 0.29) is 17.2 Å². The summed E-state index contributed by atoms with van der Waals surface area (Å²) >= 11 is 7.26. The summed E-state index contributed by atoms with van der Waals surface area (Å²) < 4.78 is 1.52. The minimum Gasteiger partial charge on any atom is -0.325 e. The van der Waals surface area contributed by atoms with Gasteiger partial charge in [0.05, 0.1) is 16.7 Å². The molecule has 7 heteroatoms. The van der Waals surface area contributed by atoms with Crippen molar-refractivity contribution in [1.29, 1.82) is 0 Å². The number of hydrogen-bond donors (Lipinski definition) is 1. The Morgan fingerprint density at radius 2 is 1.93 bits per heavy atom. The first kappa shape index (κ1) is 21.1. The highest BCUT2D eigenvalue weighted by atomic mass is 35.5. The molecule has 0 unspecified atom stereocenters. The van der Waals surface area contributed by atoms with Crippen LogP contribution in [0, 0.1) is 20.8 Å². The van der Waals surface area contributed by atoms with Gasteiger partial charge in [0.15, 0.2) is 5.16 Å². The fraction of sp³-hybridized carbons (Fsp3) is 0.227. The number of carbonyl (C=O) groups excluding carboxylic acids is 1. The highest BCUT2D eigenvalue weighted by Crippen LogP contribution is 2.24. The number of amides is 1. The third kappa shape index (κ3) is 4.71. The highest BCUT2D eigenvalue weighted by Gasteiger charge is 2.14. The van der Waals surface area contributed by atoms with E-state index in [9.17, 15) is 9.59 Å². The van der Waals surface area contributed by atoms with Crippen molar-refractivity contribution >= 4 is 45.9 Å². The summed E-state index contributed by atoms with van der Waals surface area (Å²) in [5.41, 5.74) is 4.34. The first-order valence-electron chi connectivity index (χ1n) is 9.11. The first-order chi connectivity index (χ1) is 13.8. The summed E-state index contributed by atoms with van der Waals surface area (Å²) in [5, 5.41) is 4.41. The summed E-state index contributed by atoms with van der Waals surface area (Å²) in [4.78, 5) is 29.9. The Balaban J connectivity index is 1.86. The summed E-state index contributed by atoms with van der Waals surface area (Å²) in [6.45, 7) is 9.99. The fourth-order valence-corrected chi connectivity index (χ4v) is 4.23. The molecule has 5 nitrogen and oxygen atoms in total. The van der Waals surface area contributed by atoms with Gasteiger partial charge < -0.3 is 5.32 Å². The molecular weight excluding hydrogens is 406 g/mol. The lowest BCUT2D eigenvalue weighted by Crippen LogP contribution is -2.24. The van der Waals surface area contributed by atoms with E-state index < -0.39 is 0 Å². The van der Waals surface area contributed by atoms with E-state index in [4.69, 9.17) is 11.6 Å². The SMILES string of the molecule is C=CCn1c(SCC(=O)Nc2c(C)cc(C)cc2C)nc2cc(Cl)ccc2c1=O. The third-order valence-corrected chi connectivity index (χ3v) is 5.68. The van der Waals surface area contributed by atoms with Gasteiger partial charge in [-0.1, -0.05) is 47.1 Å². The number of nitrogens with one attached hydrogen (secondary N) is 1. The van der Waals surface area contributed by atoms with Gasteiger partial charge in [0.2, 0.25) is 5.91 Å². The molecule has 1 heterocycles. The second-order valence-electron chi connectivity index (χ2n) is 6.87. The predicted molar refractivity (Wildman–Crippen MR) is 121 cm³/mol. The Morgan fingerprint density at radius 3 is 2.59 bits per heavy atom. The number of thioether (sulfide) groups is 1. The number of anilines is 1. The number of nitrogens with zero attached hydrogens (tertiary/aromatic N) is 2. The Labute approximate surface area is 178 Å². The molecule has 2 aromatic carbocycles. The molecule has 3 aromatic rings. The number of rotatable bonds is 6. The molecule has 3 rings (SSSR count). The number of hydrogen-bond acceptors (Lipinski definition) is 4. The van der Waals surface area contributed by atoms with Crippen molar-refractivity contribution < 1.29 is 4.79 Å². The van der Waals surface area contributed by atoms with Crippen molar-refractivity contribution in [2.75, 3.05) is 11.1 Å². The zero-order valence-corrected chi connectivity index (χ0v) is 18.2. The van der Waals surface area contributed by atoms with Gasteiger partial charge >= 0.3 is 0 Å². The molecule has 0 saturated heterocycles. The van der Waals surface area contributed by atoms with E-state index in [1.807, 2.05) is 32.9 Å². The Bertz CT molecular complexity index is 1150. The first-order valence-corrected chi connectivity index (χ1v) is 10.5. The Kier molecular flexibility index (Phi) is 6.45. The average molecular weight is 428 g/mol. The number of benzene rings is 2. The molecule has 0 saturated carbocycles. The molecule has 1 N–H and O–H groups in total. The maximum absolute atomic E-state index is 12.8. The van der Waals surface area contributed by atoms with Crippen LogP contribution in [0.5, 0.6) is 0 Å². The monoisotopic (exact) mass is 427 g/mol. The van der Waals surface area contributed by atoms with Crippen molar-refractivity contribution in [2.24, 2.45) is 0 Å². The maximum Gasteiger partial charge on any atom is 0.262 e. The average Bonchev–Trinajstić information content (AvgIpc) is 2.65. The topological polar surface area (TPSA) is 64.0 Å². The predicted octanol–water partition coefficient (Wildman–Crippen LogP) is 4.89. The zero-order chi connectivity index (χ0) is 21.1. The van der Waals surface area contributed by atoms with Crippen molar-refractivity contribution in [2.45, 2.75) is 32.5 Å². The van der Waals surface area contributed by atoms with Gasteiger partial charge in [-0.15, -0.1) is 6.58 Å². The molecule has 0 fully saturated rings. The Morgan fingerprint density at radius 1 is 1.24 bits per heavy atom. The third-order valence-electron chi connectivity index (χ3n) is 4.47. The van der Waals surface area contributed by atoms with Crippen LogP contribution in [0.1, 0.15) is 16.7 Å². The highest BCUT2D eigenvalue weighted by molar-refractivity contribution is 7.99. The molecular formula is C22H22ClN3O2S. The van der Waals surface area contributed by atoms with E-state index in [0.717, 1.165) is 22.4 Å². The van der Waals surface area contributed by atoms with Gasteiger partial charge in [-0.25, -0.2) is 4.98 Å². The largest absolute Gasteiger partial charge is 0.325 e. The molecule has 1 amide bonds. The lowest BCUT2D eigenvalue weighted by atomic mass is 10.1. The van der Waals surface area contributed by atoms with Crippen LogP contribution in [0.25, 0.3) is 10.9 Å². The number of halogens is 1. The number of aromatic nitrogens is 2. The minimum atomic E-state index is -0.181. The van der Waals surface area contributed by atoms with E-state index in [1.165, 1.54) is 16.3 Å². The maximum atomic E-state index is 12.8. The van der Waals surface area contributed by atoms with Crippen LogP contribution in [0.4, 0.5) is 5.69 Å². The smallest absolute Gasteiger partial charge is 0.262 e. The molecule has 0 bridgehead atoms. The van der Waals surface area contributed by atoms with Crippen LogP contribution >= 0.6 is 23.4 Å². The second kappa shape index (κ2) is 8.84. The zero-order valence-electron chi connectivity index (χ0n) is 16.6. The molecule has 150 valence electrons. The van der Waals surface area contributed by atoms with Crippen molar-refractivity contribution in [1.82, 2.24) is 9.55 Å². The molecule has 29 heavy (non-hydrogen) atoms. The second-order valence-corrected chi connectivity index (χ2v) is 8.25. The molecule has 0 aliphatic heterocycles. The lowest BCUT2D eigenvalue weighted by Gasteiger charge is -2.14. The molecule has 0 spiro atoms. The van der Waals surface area contributed by atoms with Crippen molar-refractivity contribution in [3.8, 4) is 0 Å². The van der Waals surface area contributed by atoms with Crippen molar-refractivity contribution in [3.05, 3.63) is 75.1 Å². The van der Waals surface area contributed by atoms with E-state index in [0.29, 0.717) is 27.6 Å². The van der Waals surface area contributed by atoms with Gasteiger partial charge in [-0.3, -0.25) is 14.2 Å². The molecule has 0 atom stereocenters. The molecule has 0 aliphatic rings. The standard InChI is InChI=1S/C22H22ClN3O2S/c1-5-8-26-21(28)17-7-6-16(23)11-18(17)24-22(26)29-12-19(27)25-20-14(3)9-13(2)10-15(20)4/h5-7,9-11H,1,8,12H2,2-4H3,(H,25,27). The molecule has 1 aromatic heterocycles. The fourth-order valence-electron chi connectivity index (χ4n) is 3.26. The van der Waals surface area contributed by atoms with Crippen LogP contribution in [0.3, 0.4) is 0 Å². The van der Waals surface area contributed by atoms with Gasteiger partial charge in [0.25, 0.3) is 5.56 Å². The van der Waals surface area contributed by atoms with E-state index in [1.54, 1.807) is 24.3 Å². The van der Waals surface area contributed by atoms with Gasteiger partial charge in [-0.05, 0) is 50.1 Å². The normalized spacial score (nSPS) is 10.9. The summed E-state index contributed by atoms with van der Waals surface area (Å²) in [7, 11) is 0. The van der Waals surface area contributed by atoms with Gasteiger partial charge in [-0.2, -0.15) is 0 Å². The van der Waals surface area contributed by atoms with E-state index >= 15 is 0 Å². The summed E-state index contributed by atoms with van der Waals surface area (Å²) in [6, 6.07) is 9.05. The summed E-state index contributed by atoms with van der Waals surface area (Å²) in [5.74, 6) is -0.0294. The number of fused-ring (bicyclic) bond motifs is 1. The van der Waals surface area contributed by atoms with Crippen LogP contribution < -0.4 is 10.9 Å². The van der Waals surface area contributed by atoms with Crippen molar-refractivity contribution in [3.63, 3.8) is 0 Å². The molecule has 0 radical (unpaired) electrons. The summed E-state index contributed by atoms with van der Waals surface area (Å²) in [6.07, 6.45) is 1.63. The van der Waals surface area contributed by atoms with Crippen LogP contribution in [-0.4, -0.2) is 21.2 Å². The lowest BCUT2D eigenvalue weighted by molar-refractivity contribution is -0.113. The quantitative estimate of drug-likeness (QED) is 0.345. The van der Waals surface area contributed by atoms with Crippen LogP contribution in [0.15, 0.2) is 52.9 Å². The minimum absolute atomic E-state index is 0.127.